The van der Waals surface area contributed by atoms with E-state index in [-0.39, 0.29) is 12.1 Å². The summed E-state index contributed by atoms with van der Waals surface area (Å²) in [4.78, 5) is 11.1. The van der Waals surface area contributed by atoms with E-state index in [9.17, 15) is 18.0 Å². The molecular formula is C11H9F3N2O2. The van der Waals surface area contributed by atoms with Crippen molar-refractivity contribution >= 4 is 11.6 Å². The number of hydrogen-bond acceptors (Lipinski definition) is 3. The van der Waals surface area contributed by atoms with E-state index in [1.165, 1.54) is 12.1 Å². The van der Waals surface area contributed by atoms with E-state index in [1.54, 1.807) is 13.0 Å². The number of hydrogen-bond donors (Lipinski definition) is 1. The molecule has 0 bridgehead atoms. The first-order chi connectivity index (χ1) is 8.30. The standard InChI is InChI=1S/C11H9F3N2O2/c1-7-4-8(16-10(17)2-3-15)6-9(5-7)18-11(12,13)14/h4-6H,2H2,1H3,(H,16,17). The molecule has 0 atom stereocenters. The fraction of sp³-hybridized carbons (Fsp3) is 0.273. The Morgan fingerprint density at radius 3 is 2.67 bits per heavy atom. The smallest absolute Gasteiger partial charge is 0.406 e. The van der Waals surface area contributed by atoms with Gasteiger partial charge in [0.15, 0.2) is 0 Å². The lowest BCUT2D eigenvalue weighted by atomic mass is 10.2. The number of aryl methyl sites for hydroxylation is 1. The molecule has 1 rings (SSSR count). The minimum atomic E-state index is -4.79. The van der Waals surface area contributed by atoms with Crippen LogP contribution in [0.25, 0.3) is 0 Å². The van der Waals surface area contributed by atoms with Gasteiger partial charge in [0, 0.05) is 11.8 Å². The lowest BCUT2D eigenvalue weighted by Crippen LogP contribution is -2.17. The zero-order chi connectivity index (χ0) is 13.8. The first kappa shape index (κ1) is 13.8. The van der Waals surface area contributed by atoms with E-state index < -0.39 is 18.0 Å². The van der Waals surface area contributed by atoms with Gasteiger partial charge < -0.3 is 10.1 Å². The molecule has 0 radical (unpaired) electrons. The van der Waals surface area contributed by atoms with E-state index >= 15 is 0 Å². The first-order valence-corrected chi connectivity index (χ1v) is 4.84. The Morgan fingerprint density at radius 1 is 1.44 bits per heavy atom. The van der Waals surface area contributed by atoms with E-state index in [1.807, 2.05) is 0 Å². The van der Waals surface area contributed by atoms with Crippen molar-refractivity contribution in [2.75, 3.05) is 5.32 Å². The normalized spacial score (nSPS) is 10.6. The number of carbonyl (C=O) groups is 1. The molecule has 18 heavy (non-hydrogen) atoms. The Morgan fingerprint density at radius 2 is 2.11 bits per heavy atom. The summed E-state index contributed by atoms with van der Waals surface area (Å²) < 4.78 is 39.9. The Balaban J connectivity index is 2.88. The van der Waals surface area contributed by atoms with Gasteiger partial charge in [0.1, 0.15) is 12.2 Å². The van der Waals surface area contributed by atoms with Gasteiger partial charge >= 0.3 is 6.36 Å². The molecule has 0 aliphatic carbocycles. The average molecular weight is 258 g/mol. The van der Waals surface area contributed by atoms with Crippen molar-refractivity contribution in [1.29, 1.82) is 5.26 Å². The van der Waals surface area contributed by atoms with Crippen molar-refractivity contribution in [3.63, 3.8) is 0 Å². The number of carbonyl (C=O) groups excluding carboxylic acids is 1. The summed E-state index contributed by atoms with van der Waals surface area (Å²) in [6.45, 7) is 1.56. The minimum absolute atomic E-state index is 0.148. The van der Waals surface area contributed by atoms with Gasteiger partial charge in [-0.1, -0.05) is 0 Å². The quantitative estimate of drug-likeness (QED) is 0.906. The van der Waals surface area contributed by atoms with Crippen molar-refractivity contribution in [3.8, 4) is 11.8 Å². The Hall–Kier alpha value is -2.23. The highest BCUT2D eigenvalue weighted by Gasteiger charge is 2.31. The molecule has 0 aliphatic rings. The molecule has 0 saturated heterocycles. The van der Waals surface area contributed by atoms with Crippen LogP contribution in [0.5, 0.6) is 5.75 Å². The number of amides is 1. The van der Waals surface area contributed by atoms with Gasteiger partial charge in [0.05, 0.1) is 6.07 Å². The second-order valence-electron chi connectivity index (χ2n) is 3.47. The maximum absolute atomic E-state index is 12.0. The van der Waals surface area contributed by atoms with Crippen LogP contribution in [-0.4, -0.2) is 12.3 Å². The Kier molecular flexibility index (Phi) is 4.15. The van der Waals surface area contributed by atoms with Crippen LogP contribution in [0.15, 0.2) is 18.2 Å². The van der Waals surface area contributed by atoms with Crippen molar-refractivity contribution in [1.82, 2.24) is 0 Å². The van der Waals surface area contributed by atoms with Crippen LogP contribution in [0, 0.1) is 18.3 Å². The van der Waals surface area contributed by atoms with E-state index in [0.29, 0.717) is 5.56 Å². The van der Waals surface area contributed by atoms with Gasteiger partial charge in [0.25, 0.3) is 0 Å². The number of benzene rings is 1. The third-order valence-corrected chi connectivity index (χ3v) is 1.81. The zero-order valence-corrected chi connectivity index (χ0v) is 9.34. The largest absolute Gasteiger partial charge is 0.573 e. The third-order valence-electron chi connectivity index (χ3n) is 1.81. The van der Waals surface area contributed by atoms with Crippen LogP contribution >= 0.6 is 0 Å². The van der Waals surface area contributed by atoms with E-state index in [2.05, 4.69) is 10.1 Å². The highest BCUT2D eigenvalue weighted by Crippen LogP contribution is 2.26. The topological polar surface area (TPSA) is 62.1 Å². The lowest BCUT2D eigenvalue weighted by Gasteiger charge is -2.11. The predicted octanol–water partition coefficient (Wildman–Crippen LogP) is 2.75. The Bertz CT molecular complexity index is 492. The molecule has 0 aromatic heterocycles. The molecule has 0 spiro atoms. The maximum atomic E-state index is 12.0. The van der Waals surface area contributed by atoms with Crippen molar-refractivity contribution in [2.45, 2.75) is 19.7 Å². The molecule has 0 unspecified atom stereocenters. The highest BCUT2D eigenvalue weighted by molar-refractivity contribution is 5.92. The van der Waals surface area contributed by atoms with Crippen LogP contribution in [0.3, 0.4) is 0 Å². The fourth-order valence-electron chi connectivity index (χ4n) is 1.29. The van der Waals surface area contributed by atoms with Gasteiger partial charge in [-0.25, -0.2) is 0 Å². The molecule has 0 fully saturated rings. The summed E-state index contributed by atoms with van der Waals surface area (Å²) in [6, 6.07) is 5.33. The van der Waals surface area contributed by atoms with Crippen molar-refractivity contribution in [3.05, 3.63) is 23.8 Å². The summed E-state index contributed by atoms with van der Waals surface area (Å²) >= 11 is 0. The van der Waals surface area contributed by atoms with Gasteiger partial charge in [-0.15, -0.1) is 13.2 Å². The summed E-state index contributed by atoms with van der Waals surface area (Å²) in [6.07, 6.45) is -5.16. The van der Waals surface area contributed by atoms with Gasteiger partial charge in [-0.2, -0.15) is 5.26 Å². The molecule has 4 nitrogen and oxygen atoms in total. The molecule has 96 valence electrons. The SMILES string of the molecule is Cc1cc(NC(=O)CC#N)cc(OC(F)(F)F)c1. The second kappa shape index (κ2) is 5.40. The number of halogens is 3. The van der Waals surface area contributed by atoms with E-state index in [4.69, 9.17) is 5.26 Å². The number of anilines is 1. The molecule has 0 heterocycles. The first-order valence-electron chi connectivity index (χ1n) is 4.84. The van der Waals surface area contributed by atoms with Gasteiger partial charge in [-0.3, -0.25) is 4.79 Å². The number of ether oxygens (including phenoxy) is 1. The second-order valence-corrected chi connectivity index (χ2v) is 3.47. The number of rotatable bonds is 3. The van der Waals surface area contributed by atoms with Crippen LogP contribution in [-0.2, 0) is 4.79 Å². The third kappa shape index (κ3) is 4.74. The molecule has 1 N–H and O–H groups in total. The molecule has 1 aromatic carbocycles. The van der Waals surface area contributed by atoms with Crippen LogP contribution in [0.1, 0.15) is 12.0 Å². The van der Waals surface area contributed by atoms with Gasteiger partial charge in [0.2, 0.25) is 5.91 Å². The van der Waals surface area contributed by atoms with E-state index in [0.717, 1.165) is 6.07 Å². The summed E-state index contributed by atoms with van der Waals surface area (Å²) in [7, 11) is 0. The number of alkyl halides is 3. The van der Waals surface area contributed by atoms with Crippen LogP contribution in [0.4, 0.5) is 18.9 Å². The summed E-state index contributed by atoms with van der Waals surface area (Å²) in [5.74, 6) is -1.02. The predicted molar refractivity (Wildman–Crippen MR) is 56.7 cm³/mol. The molecule has 1 amide bonds. The Labute approximate surface area is 101 Å². The highest BCUT2D eigenvalue weighted by atomic mass is 19.4. The number of nitriles is 1. The molecule has 7 heteroatoms. The molecule has 0 saturated carbocycles. The van der Waals surface area contributed by atoms with Crippen molar-refractivity contribution < 1.29 is 22.7 Å². The maximum Gasteiger partial charge on any atom is 0.573 e. The summed E-state index contributed by atoms with van der Waals surface area (Å²) in [5.41, 5.74) is 0.638. The molecule has 1 aromatic rings. The summed E-state index contributed by atoms with van der Waals surface area (Å²) in [5, 5.41) is 10.6. The zero-order valence-electron chi connectivity index (χ0n) is 9.34. The number of nitrogens with zero attached hydrogens (tertiary/aromatic N) is 1. The molecular weight excluding hydrogens is 249 g/mol. The minimum Gasteiger partial charge on any atom is -0.406 e. The average Bonchev–Trinajstić information content (AvgIpc) is 2.13. The van der Waals surface area contributed by atoms with Crippen LogP contribution < -0.4 is 10.1 Å². The fourth-order valence-corrected chi connectivity index (χ4v) is 1.29. The van der Waals surface area contributed by atoms with Crippen molar-refractivity contribution in [2.24, 2.45) is 0 Å². The van der Waals surface area contributed by atoms with Gasteiger partial charge in [-0.05, 0) is 24.6 Å². The monoisotopic (exact) mass is 258 g/mol. The molecule has 0 aliphatic heterocycles. The number of nitrogens with one attached hydrogen (secondary N) is 1. The lowest BCUT2D eigenvalue weighted by molar-refractivity contribution is -0.274. The van der Waals surface area contributed by atoms with Crippen LogP contribution in [0.2, 0.25) is 0 Å².